The highest BCUT2D eigenvalue weighted by Gasteiger charge is 2.30. The molecule has 7 nitrogen and oxygen atoms in total. The van der Waals surface area contributed by atoms with Gasteiger partial charge >= 0.3 is 11.6 Å². The van der Waals surface area contributed by atoms with E-state index in [-0.39, 0.29) is 22.7 Å². The minimum Gasteiger partial charge on any atom is -0.425 e. The predicted molar refractivity (Wildman–Crippen MR) is 140 cm³/mol. The topological polar surface area (TPSA) is 103 Å². The van der Waals surface area contributed by atoms with Crippen molar-refractivity contribution in [3.63, 3.8) is 0 Å². The molecule has 1 N–H and O–H groups in total. The van der Waals surface area contributed by atoms with E-state index in [1.54, 1.807) is 24.3 Å². The van der Waals surface area contributed by atoms with Crippen LogP contribution in [0.25, 0.3) is 11.0 Å². The van der Waals surface area contributed by atoms with Crippen molar-refractivity contribution < 1.29 is 22.4 Å². The molecule has 0 radical (unpaired) electrons. The number of aryl methyl sites for hydroxylation is 3. The Bertz CT molecular complexity index is 1640. The lowest BCUT2D eigenvalue weighted by Gasteiger charge is -2.19. The standard InChI is InChI=1S/C29H27NO6S/c1-18-11-13-21(14-12-18)37(33,34)30-24(17-20-7-4-3-5-8-20)29(32)36-26-16-19(2)15-25-27(26)22-9-6-10-23(22)28(31)35-25/h3-5,7-8,11-16,24,30H,6,9-10,17H2,1-2H3. The first-order valence-corrected chi connectivity index (χ1v) is 13.6. The van der Waals surface area contributed by atoms with Gasteiger partial charge in [0.15, 0.2) is 0 Å². The Morgan fingerprint density at radius 2 is 1.68 bits per heavy atom. The largest absolute Gasteiger partial charge is 0.425 e. The SMILES string of the molecule is Cc1ccc(S(=O)(=O)NC(Cc2ccccc2)C(=O)Oc2cc(C)cc3oc(=O)c4c(c23)CCC4)cc1. The molecule has 1 heterocycles. The first kappa shape index (κ1) is 24.9. The van der Waals surface area contributed by atoms with E-state index in [1.165, 1.54) is 12.1 Å². The van der Waals surface area contributed by atoms with E-state index in [2.05, 4.69) is 4.72 Å². The average Bonchev–Trinajstić information content (AvgIpc) is 3.35. The number of nitrogens with one attached hydrogen (secondary N) is 1. The van der Waals surface area contributed by atoms with Crippen LogP contribution in [0.1, 0.15) is 34.2 Å². The molecule has 4 aromatic rings. The highest BCUT2D eigenvalue weighted by molar-refractivity contribution is 7.89. The van der Waals surface area contributed by atoms with Gasteiger partial charge in [0.1, 0.15) is 17.4 Å². The fourth-order valence-electron chi connectivity index (χ4n) is 4.76. The molecule has 5 rings (SSSR count). The van der Waals surface area contributed by atoms with Crippen LogP contribution in [0, 0.1) is 13.8 Å². The fourth-order valence-corrected chi connectivity index (χ4v) is 5.95. The van der Waals surface area contributed by atoms with Gasteiger partial charge in [-0.25, -0.2) is 18.0 Å². The Balaban J connectivity index is 1.52. The average molecular weight is 518 g/mol. The van der Waals surface area contributed by atoms with Crippen LogP contribution < -0.4 is 15.1 Å². The van der Waals surface area contributed by atoms with Gasteiger partial charge in [0.25, 0.3) is 0 Å². The molecule has 37 heavy (non-hydrogen) atoms. The Morgan fingerprint density at radius 1 is 0.973 bits per heavy atom. The van der Waals surface area contributed by atoms with Crippen molar-refractivity contribution in [1.82, 2.24) is 4.72 Å². The lowest BCUT2D eigenvalue weighted by atomic mass is 10.0. The number of ether oxygens (including phenoxy) is 1. The van der Waals surface area contributed by atoms with Crippen molar-refractivity contribution in [3.8, 4) is 5.75 Å². The first-order valence-electron chi connectivity index (χ1n) is 12.1. The zero-order chi connectivity index (χ0) is 26.2. The van der Waals surface area contributed by atoms with Crippen molar-refractivity contribution in [2.24, 2.45) is 0 Å². The van der Waals surface area contributed by atoms with Crippen molar-refractivity contribution in [2.45, 2.75) is 50.5 Å². The van der Waals surface area contributed by atoms with Gasteiger partial charge in [-0.1, -0.05) is 48.0 Å². The number of carbonyl (C=O) groups is 1. The molecule has 8 heteroatoms. The summed E-state index contributed by atoms with van der Waals surface area (Å²) in [6.45, 7) is 3.68. The summed E-state index contributed by atoms with van der Waals surface area (Å²) in [5.74, 6) is -0.487. The number of sulfonamides is 1. The van der Waals surface area contributed by atoms with Crippen LogP contribution in [0.5, 0.6) is 5.75 Å². The molecule has 0 fully saturated rings. The number of fused-ring (bicyclic) bond motifs is 3. The second kappa shape index (κ2) is 9.95. The molecule has 1 atom stereocenters. The number of hydrogen-bond donors (Lipinski definition) is 1. The van der Waals surface area contributed by atoms with Gasteiger partial charge in [-0.2, -0.15) is 4.72 Å². The molecule has 0 bridgehead atoms. The molecule has 1 aromatic heterocycles. The summed E-state index contributed by atoms with van der Waals surface area (Å²) in [5, 5.41) is 0.589. The normalized spacial score (nSPS) is 13.9. The lowest BCUT2D eigenvalue weighted by Crippen LogP contribution is -2.44. The molecular weight excluding hydrogens is 490 g/mol. The third-order valence-corrected chi connectivity index (χ3v) is 8.07. The Labute approximate surface area is 215 Å². The summed E-state index contributed by atoms with van der Waals surface area (Å²) in [6.07, 6.45) is 2.20. The summed E-state index contributed by atoms with van der Waals surface area (Å²) in [5.41, 5.74) is 3.87. The van der Waals surface area contributed by atoms with Crippen molar-refractivity contribution in [1.29, 1.82) is 0 Å². The number of hydrogen-bond acceptors (Lipinski definition) is 6. The van der Waals surface area contributed by atoms with Crippen LogP contribution in [0.3, 0.4) is 0 Å². The molecule has 1 aliphatic rings. The van der Waals surface area contributed by atoms with Gasteiger partial charge in [-0.3, -0.25) is 0 Å². The summed E-state index contributed by atoms with van der Waals surface area (Å²) in [7, 11) is -4.01. The molecule has 0 aliphatic heterocycles. The van der Waals surface area contributed by atoms with Gasteiger partial charge in [-0.05, 0) is 80.5 Å². The van der Waals surface area contributed by atoms with Crippen LogP contribution in [0.15, 0.2) is 80.8 Å². The van der Waals surface area contributed by atoms with E-state index in [9.17, 15) is 18.0 Å². The number of rotatable bonds is 7. The quantitative estimate of drug-likeness (QED) is 0.222. The minimum absolute atomic E-state index is 0.0598. The Morgan fingerprint density at radius 3 is 2.41 bits per heavy atom. The highest BCUT2D eigenvalue weighted by atomic mass is 32.2. The maximum atomic E-state index is 13.6. The van der Waals surface area contributed by atoms with Gasteiger partial charge < -0.3 is 9.15 Å². The van der Waals surface area contributed by atoms with Crippen LogP contribution in [-0.4, -0.2) is 20.4 Å². The summed E-state index contributed by atoms with van der Waals surface area (Å²) >= 11 is 0. The number of benzene rings is 3. The van der Waals surface area contributed by atoms with E-state index in [0.717, 1.165) is 28.7 Å². The maximum Gasteiger partial charge on any atom is 0.339 e. The second-order valence-corrected chi connectivity index (χ2v) is 11.1. The molecule has 0 saturated carbocycles. The van der Waals surface area contributed by atoms with Crippen LogP contribution in [-0.2, 0) is 34.1 Å². The van der Waals surface area contributed by atoms with E-state index in [1.807, 2.05) is 44.2 Å². The van der Waals surface area contributed by atoms with Gasteiger partial charge in [0.2, 0.25) is 10.0 Å². The Hall–Kier alpha value is -3.75. The van der Waals surface area contributed by atoms with Gasteiger partial charge in [0, 0.05) is 5.56 Å². The maximum absolute atomic E-state index is 13.6. The van der Waals surface area contributed by atoms with E-state index in [4.69, 9.17) is 9.15 Å². The van der Waals surface area contributed by atoms with Crippen LogP contribution >= 0.6 is 0 Å². The molecule has 0 amide bonds. The predicted octanol–water partition coefficient (Wildman–Crippen LogP) is 4.39. The zero-order valence-corrected chi connectivity index (χ0v) is 21.4. The molecule has 0 saturated heterocycles. The third-order valence-electron chi connectivity index (χ3n) is 6.59. The highest BCUT2D eigenvalue weighted by Crippen LogP contribution is 2.35. The van der Waals surface area contributed by atoms with E-state index < -0.39 is 22.0 Å². The number of carbonyl (C=O) groups excluding carboxylic acids is 1. The van der Waals surface area contributed by atoms with Crippen LogP contribution in [0.2, 0.25) is 0 Å². The first-order chi connectivity index (χ1) is 17.7. The minimum atomic E-state index is -4.01. The third kappa shape index (κ3) is 5.21. The summed E-state index contributed by atoms with van der Waals surface area (Å²) < 4.78 is 40.4. The van der Waals surface area contributed by atoms with Gasteiger partial charge in [0.05, 0.1) is 10.3 Å². The summed E-state index contributed by atoms with van der Waals surface area (Å²) in [6, 6.07) is 17.8. The molecule has 0 spiro atoms. The molecule has 3 aromatic carbocycles. The van der Waals surface area contributed by atoms with Crippen LogP contribution in [0.4, 0.5) is 0 Å². The molecular formula is C29H27NO6S. The smallest absolute Gasteiger partial charge is 0.339 e. The Kier molecular flexibility index (Phi) is 6.70. The second-order valence-electron chi connectivity index (χ2n) is 9.43. The molecule has 190 valence electrons. The van der Waals surface area contributed by atoms with Gasteiger partial charge in [-0.15, -0.1) is 0 Å². The monoisotopic (exact) mass is 517 g/mol. The number of esters is 1. The summed E-state index contributed by atoms with van der Waals surface area (Å²) in [4.78, 5) is 26.1. The fraction of sp³-hybridized carbons (Fsp3) is 0.241. The molecule has 1 aliphatic carbocycles. The van der Waals surface area contributed by atoms with E-state index in [0.29, 0.717) is 29.4 Å². The molecule has 1 unspecified atom stereocenters. The van der Waals surface area contributed by atoms with Crippen molar-refractivity contribution in [2.75, 3.05) is 0 Å². The lowest BCUT2D eigenvalue weighted by molar-refractivity contribution is -0.136. The van der Waals surface area contributed by atoms with E-state index >= 15 is 0 Å². The van der Waals surface area contributed by atoms with Crippen molar-refractivity contribution in [3.05, 3.63) is 105 Å². The zero-order valence-electron chi connectivity index (χ0n) is 20.6. The van der Waals surface area contributed by atoms with Crippen molar-refractivity contribution >= 4 is 27.0 Å².